The SMILES string of the molecule is CCC(C)C(C(=O)NC1CCc2cc(OC)c(OC)cc21)n1cnnn1. The van der Waals surface area contributed by atoms with Crippen LogP contribution in [-0.4, -0.2) is 40.3 Å². The first-order valence-corrected chi connectivity index (χ1v) is 8.86. The molecule has 1 aromatic heterocycles. The van der Waals surface area contributed by atoms with E-state index in [1.165, 1.54) is 16.6 Å². The zero-order valence-electron chi connectivity index (χ0n) is 15.6. The minimum atomic E-state index is -0.431. The van der Waals surface area contributed by atoms with E-state index >= 15 is 0 Å². The molecule has 0 spiro atoms. The fraction of sp³-hybridized carbons (Fsp3) is 0.556. The molecular weight excluding hydrogens is 334 g/mol. The van der Waals surface area contributed by atoms with Gasteiger partial charge in [-0.15, -0.1) is 5.10 Å². The summed E-state index contributed by atoms with van der Waals surface area (Å²) in [5, 5.41) is 14.5. The Morgan fingerprint density at radius 1 is 1.35 bits per heavy atom. The van der Waals surface area contributed by atoms with Gasteiger partial charge in [-0.1, -0.05) is 20.3 Å². The van der Waals surface area contributed by atoms with E-state index in [1.54, 1.807) is 14.2 Å². The van der Waals surface area contributed by atoms with E-state index in [9.17, 15) is 4.79 Å². The van der Waals surface area contributed by atoms with Gasteiger partial charge in [-0.3, -0.25) is 4.79 Å². The lowest BCUT2D eigenvalue weighted by Crippen LogP contribution is -2.38. The van der Waals surface area contributed by atoms with Crippen LogP contribution in [0.1, 0.15) is 49.9 Å². The van der Waals surface area contributed by atoms with Crippen molar-refractivity contribution in [1.29, 1.82) is 0 Å². The molecule has 8 nitrogen and oxygen atoms in total. The molecular formula is C18H25N5O3. The van der Waals surface area contributed by atoms with Crippen molar-refractivity contribution in [3.05, 3.63) is 29.6 Å². The molecule has 1 N–H and O–H groups in total. The van der Waals surface area contributed by atoms with Crippen molar-refractivity contribution >= 4 is 5.91 Å². The van der Waals surface area contributed by atoms with Gasteiger partial charge >= 0.3 is 0 Å². The summed E-state index contributed by atoms with van der Waals surface area (Å²) in [5.41, 5.74) is 2.26. The molecule has 1 aliphatic rings. The number of aryl methyl sites for hydroxylation is 1. The van der Waals surface area contributed by atoms with Crippen LogP contribution < -0.4 is 14.8 Å². The molecule has 0 saturated carbocycles. The number of hydrogen-bond donors (Lipinski definition) is 1. The quantitative estimate of drug-likeness (QED) is 0.814. The highest BCUT2D eigenvalue weighted by Gasteiger charge is 2.32. The number of fused-ring (bicyclic) bond motifs is 1. The first-order chi connectivity index (χ1) is 12.6. The maximum atomic E-state index is 13.0. The highest BCUT2D eigenvalue weighted by atomic mass is 16.5. The van der Waals surface area contributed by atoms with Crippen LogP contribution in [-0.2, 0) is 11.2 Å². The topological polar surface area (TPSA) is 91.2 Å². The van der Waals surface area contributed by atoms with Gasteiger partial charge in [0.05, 0.1) is 20.3 Å². The molecule has 8 heteroatoms. The molecule has 140 valence electrons. The molecule has 0 bridgehead atoms. The fourth-order valence-corrected chi connectivity index (χ4v) is 3.50. The van der Waals surface area contributed by atoms with Crippen molar-refractivity contribution in [1.82, 2.24) is 25.5 Å². The number of amides is 1. The van der Waals surface area contributed by atoms with Crippen molar-refractivity contribution in [2.75, 3.05) is 14.2 Å². The van der Waals surface area contributed by atoms with Gasteiger partial charge in [0.25, 0.3) is 0 Å². The average molecular weight is 359 g/mol. The Balaban J connectivity index is 1.83. The summed E-state index contributed by atoms with van der Waals surface area (Å²) in [6, 6.07) is 3.47. The van der Waals surface area contributed by atoms with Crippen LogP contribution in [0.4, 0.5) is 0 Å². The Morgan fingerprint density at radius 2 is 2.08 bits per heavy atom. The molecule has 1 amide bonds. The van der Waals surface area contributed by atoms with Gasteiger partial charge < -0.3 is 14.8 Å². The van der Waals surface area contributed by atoms with Gasteiger partial charge in [-0.05, 0) is 52.4 Å². The second-order valence-electron chi connectivity index (χ2n) is 6.63. The standard InChI is InChI=1S/C18H25N5O3/c1-5-11(2)17(23-10-19-21-22-23)18(24)20-14-7-6-12-8-15(25-3)16(26-4)9-13(12)14/h8-11,14,17H,5-7H2,1-4H3,(H,20,24). The van der Waals surface area contributed by atoms with E-state index in [-0.39, 0.29) is 17.9 Å². The minimum Gasteiger partial charge on any atom is -0.493 e. The first-order valence-electron chi connectivity index (χ1n) is 8.86. The third-order valence-corrected chi connectivity index (χ3v) is 5.14. The van der Waals surface area contributed by atoms with Gasteiger partial charge in [-0.25, -0.2) is 4.68 Å². The maximum absolute atomic E-state index is 13.0. The number of methoxy groups -OCH3 is 2. The third-order valence-electron chi connectivity index (χ3n) is 5.14. The Kier molecular flexibility index (Phi) is 5.39. The zero-order chi connectivity index (χ0) is 18.7. The van der Waals surface area contributed by atoms with Gasteiger partial charge in [0, 0.05) is 0 Å². The van der Waals surface area contributed by atoms with Crippen LogP contribution in [0.2, 0.25) is 0 Å². The van der Waals surface area contributed by atoms with Gasteiger partial charge in [0.1, 0.15) is 12.4 Å². The lowest BCUT2D eigenvalue weighted by molar-refractivity contribution is -0.127. The summed E-state index contributed by atoms with van der Waals surface area (Å²) < 4.78 is 12.3. The smallest absolute Gasteiger partial charge is 0.245 e. The van der Waals surface area contributed by atoms with Gasteiger partial charge in [0.15, 0.2) is 11.5 Å². The molecule has 0 aliphatic heterocycles. The highest BCUT2D eigenvalue weighted by Crippen LogP contribution is 2.39. The second-order valence-corrected chi connectivity index (χ2v) is 6.63. The molecule has 1 aliphatic carbocycles. The zero-order valence-corrected chi connectivity index (χ0v) is 15.6. The predicted octanol–water partition coefficient (Wildman–Crippen LogP) is 2.08. The number of nitrogens with zero attached hydrogens (tertiary/aromatic N) is 4. The number of hydrogen-bond acceptors (Lipinski definition) is 6. The van der Waals surface area contributed by atoms with E-state index in [1.807, 2.05) is 19.1 Å². The number of carbonyl (C=O) groups excluding carboxylic acids is 1. The van der Waals surface area contributed by atoms with Crippen molar-refractivity contribution in [3.63, 3.8) is 0 Å². The molecule has 0 fully saturated rings. The molecule has 2 aromatic rings. The number of nitrogens with one attached hydrogen (secondary N) is 1. The molecule has 26 heavy (non-hydrogen) atoms. The number of benzene rings is 1. The summed E-state index contributed by atoms with van der Waals surface area (Å²) in [5.74, 6) is 1.43. The Hall–Kier alpha value is -2.64. The molecule has 0 saturated heterocycles. The van der Waals surface area contributed by atoms with E-state index in [0.29, 0.717) is 11.5 Å². The van der Waals surface area contributed by atoms with Crippen LogP contribution >= 0.6 is 0 Å². The minimum absolute atomic E-state index is 0.0552. The fourth-order valence-electron chi connectivity index (χ4n) is 3.50. The lowest BCUT2D eigenvalue weighted by Gasteiger charge is -2.24. The highest BCUT2D eigenvalue weighted by molar-refractivity contribution is 5.81. The van der Waals surface area contributed by atoms with Crippen molar-refractivity contribution in [3.8, 4) is 11.5 Å². The number of tetrazole rings is 1. The number of aromatic nitrogens is 4. The Bertz CT molecular complexity index is 762. The van der Waals surface area contributed by atoms with E-state index in [0.717, 1.165) is 24.8 Å². The third kappa shape index (κ3) is 3.36. The summed E-state index contributed by atoms with van der Waals surface area (Å²) >= 11 is 0. The number of rotatable bonds is 7. The largest absolute Gasteiger partial charge is 0.493 e. The van der Waals surface area contributed by atoms with Gasteiger partial charge in [0.2, 0.25) is 5.91 Å². The number of carbonyl (C=O) groups is 1. The molecule has 3 atom stereocenters. The monoisotopic (exact) mass is 359 g/mol. The van der Waals surface area contributed by atoms with Crippen LogP contribution in [0.25, 0.3) is 0 Å². The van der Waals surface area contributed by atoms with Crippen LogP contribution in [0.3, 0.4) is 0 Å². The van der Waals surface area contributed by atoms with Crippen molar-refractivity contribution in [2.45, 2.75) is 45.2 Å². The van der Waals surface area contributed by atoms with E-state index in [2.05, 4.69) is 27.8 Å². The second kappa shape index (κ2) is 7.72. The predicted molar refractivity (Wildman–Crippen MR) is 95.1 cm³/mol. The van der Waals surface area contributed by atoms with Crippen molar-refractivity contribution < 1.29 is 14.3 Å². The van der Waals surface area contributed by atoms with Crippen LogP contribution in [0, 0.1) is 5.92 Å². The first kappa shape index (κ1) is 18.2. The van der Waals surface area contributed by atoms with E-state index < -0.39 is 6.04 Å². The maximum Gasteiger partial charge on any atom is 0.245 e. The van der Waals surface area contributed by atoms with Crippen LogP contribution in [0.5, 0.6) is 11.5 Å². The summed E-state index contributed by atoms with van der Waals surface area (Å²) in [6.07, 6.45) is 4.08. The summed E-state index contributed by atoms with van der Waals surface area (Å²) in [7, 11) is 3.24. The van der Waals surface area contributed by atoms with Gasteiger partial charge in [-0.2, -0.15) is 0 Å². The summed E-state index contributed by atoms with van der Waals surface area (Å²) in [4.78, 5) is 13.0. The normalized spacial score (nSPS) is 18.1. The molecule has 1 aromatic carbocycles. The summed E-state index contributed by atoms with van der Waals surface area (Å²) in [6.45, 7) is 4.08. The molecule has 3 unspecified atom stereocenters. The molecule has 1 heterocycles. The van der Waals surface area contributed by atoms with E-state index in [4.69, 9.17) is 9.47 Å². The Labute approximate surface area is 152 Å². The lowest BCUT2D eigenvalue weighted by atomic mass is 9.97. The number of ether oxygens (including phenoxy) is 2. The molecule has 3 rings (SSSR count). The molecule has 0 radical (unpaired) electrons. The van der Waals surface area contributed by atoms with Crippen molar-refractivity contribution in [2.24, 2.45) is 5.92 Å². The van der Waals surface area contributed by atoms with Crippen LogP contribution in [0.15, 0.2) is 18.5 Å². The average Bonchev–Trinajstić information content (AvgIpc) is 3.31. The Morgan fingerprint density at radius 3 is 2.69 bits per heavy atom.